The summed E-state index contributed by atoms with van der Waals surface area (Å²) in [5.41, 5.74) is 0.838. The van der Waals surface area contributed by atoms with E-state index < -0.39 is 0 Å². The molecule has 0 radical (unpaired) electrons. The second kappa shape index (κ2) is 5.24. The highest BCUT2D eigenvalue weighted by molar-refractivity contribution is 7.20. The Morgan fingerprint density at radius 3 is 3.16 bits per heavy atom. The minimum atomic E-state index is -0.270. The maximum atomic E-state index is 12.4. The Bertz CT molecular complexity index is 565. The summed E-state index contributed by atoms with van der Waals surface area (Å²) in [6.07, 6.45) is 0. The van der Waals surface area contributed by atoms with Gasteiger partial charge in [0.05, 0.1) is 36.1 Å². The first-order chi connectivity index (χ1) is 9.29. The highest BCUT2D eigenvalue weighted by Crippen LogP contribution is 2.23. The van der Waals surface area contributed by atoms with Crippen LogP contribution in [0, 0.1) is 0 Å². The number of nitrogens with zero attached hydrogens (tertiary/aromatic N) is 2. The molecule has 1 atom stereocenters. The molecule has 0 bridgehead atoms. The van der Waals surface area contributed by atoms with Crippen LogP contribution in [0.15, 0.2) is 24.3 Å². The van der Waals surface area contributed by atoms with Crippen LogP contribution >= 0.6 is 11.3 Å². The quantitative estimate of drug-likeness (QED) is 0.894. The molecular formula is C13H14N2O3S. The van der Waals surface area contributed by atoms with Gasteiger partial charge in [0.15, 0.2) is 5.01 Å². The number of ether oxygens (including phenoxy) is 1. The lowest BCUT2D eigenvalue weighted by atomic mass is 10.2. The summed E-state index contributed by atoms with van der Waals surface area (Å²) in [6, 6.07) is 7.41. The van der Waals surface area contributed by atoms with Gasteiger partial charge in [-0.1, -0.05) is 12.1 Å². The molecule has 1 aliphatic heterocycles. The molecule has 0 spiro atoms. The van der Waals surface area contributed by atoms with E-state index in [1.165, 1.54) is 11.3 Å². The lowest BCUT2D eigenvalue weighted by molar-refractivity contribution is -0.0183. The summed E-state index contributed by atoms with van der Waals surface area (Å²) < 4.78 is 6.28. The van der Waals surface area contributed by atoms with Crippen LogP contribution in [0.25, 0.3) is 10.2 Å². The molecule has 1 fully saturated rings. The summed E-state index contributed by atoms with van der Waals surface area (Å²) in [6.45, 7) is 1.30. The smallest absolute Gasteiger partial charge is 0.283 e. The number of hydrogen-bond donors (Lipinski definition) is 1. The van der Waals surface area contributed by atoms with E-state index in [4.69, 9.17) is 4.74 Å². The average molecular weight is 278 g/mol. The Hall–Kier alpha value is -1.50. The van der Waals surface area contributed by atoms with Crippen LogP contribution < -0.4 is 0 Å². The van der Waals surface area contributed by atoms with E-state index in [1.54, 1.807) is 4.90 Å². The van der Waals surface area contributed by atoms with Gasteiger partial charge in [-0.2, -0.15) is 0 Å². The summed E-state index contributed by atoms with van der Waals surface area (Å²) >= 11 is 1.39. The molecule has 3 rings (SSSR count). The van der Waals surface area contributed by atoms with E-state index in [1.807, 2.05) is 24.3 Å². The largest absolute Gasteiger partial charge is 0.394 e. The molecule has 1 amide bonds. The van der Waals surface area contributed by atoms with Gasteiger partial charge in [0.25, 0.3) is 5.91 Å². The van der Waals surface area contributed by atoms with Crippen LogP contribution in [-0.4, -0.2) is 53.3 Å². The van der Waals surface area contributed by atoms with Crippen LogP contribution in [0.1, 0.15) is 9.80 Å². The topological polar surface area (TPSA) is 62.7 Å². The van der Waals surface area contributed by atoms with Crippen molar-refractivity contribution in [2.75, 3.05) is 26.4 Å². The van der Waals surface area contributed by atoms with Crippen molar-refractivity contribution in [1.29, 1.82) is 0 Å². The number of aromatic nitrogens is 1. The number of morpholine rings is 1. The van der Waals surface area contributed by atoms with Crippen molar-refractivity contribution in [1.82, 2.24) is 9.88 Å². The van der Waals surface area contributed by atoms with E-state index >= 15 is 0 Å². The van der Waals surface area contributed by atoms with E-state index in [2.05, 4.69) is 4.98 Å². The SMILES string of the molecule is O=C(c1nc2ccccc2s1)N1CCOC[C@@H]1CO. The summed E-state index contributed by atoms with van der Waals surface area (Å²) in [7, 11) is 0. The molecule has 0 aliphatic carbocycles. The maximum absolute atomic E-state index is 12.4. The summed E-state index contributed by atoms with van der Waals surface area (Å²) in [5, 5.41) is 9.78. The predicted octanol–water partition coefficient (Wildman–Crippen LogP) is 1.13. The van der Waals surface area contributed by atoms with Gasteiger partial charge >= 0.3 is 0 Å². The van der Waals surface area contributed by atoms with Gasteiger partial charge in [0, 0.05) is 6.54 Å². The summed E-state index contributed by atoms with van der Waals surface area (Å²) in [4.78, 5) is 18.5. The molecule has 1 saturated heterocycles. The Kier molecular flexibility index (Phi) is 3.46. The highest BCUT2D eigenvalue weighted by atomic mass is 32.1. The Labute approximate surface area is 114 Å². The van der Waals surface area contributed by atoms with Crippen molar-refractivity contribution in [2.24, 2.45) is 0 Å². The molecule has 1 aromatic heterocycles. The fraction of sp³-hybridized carbons (Fsp3) is 0.385. The normalized spacial score (nSPS) is 19.8. The molecule has 2 aromatic rings. The lowest BCUT2D eigenvalue weighted by Gasteiger charge is -2.33. The number of aliphatic hydroxyl groups is 1. The molecule has 2 heterocycles. The van der Waals surface area contributed by atoms with Crippen LogP contribution in [0.3, 0.4) is 0 Å². The van der Waals surface area contributed by atoms with E-state index in [0.717, 1.165) is 10.2 Å². The number of carbonyl (C=O) groups is 1. The first-order valence-electron chi connectivity index (χ1n) is 6.15. The molecule has 1 aromatic carbocycles. The van der Waals surface area contributed by atoms with Crippen molar-refractivity contribution < 1.29 is 14.6 Å². The van der Waals surface area contributed by atoms with Gasteiger partial charge in [-0.3, -0.25) is 4.79 Å². The number of aliphatic hydroxyl groups excluding tert-OH is 1. The Balaban J connectivity index is 1.89. The van der Waals surface area contributed by atoms with Crippen molar-refractivity contribution >= 4 is 27.5 Å². The molecule has 1 aliphatic rings. The van der Waals surface area contributed by atoms with Gasteiger partial charge in [-0.15, -0.1) is 11.3 Å². The number of fused-ring (bicyclic) bond motifs is 1. The standard InChI is InChI=1S/C13H14N2O3S/c16-7-9-8-18-6-5-15(9)13(17)12-14-10-3-1-2-4-11(10)19-12/h1-4,9,16H,5-8H2/t9-/m0/s1. The molecule has 5 nitrogen and oxygen atoms in total. The van der Waals surface area contributed by atoms with Crippen molar-refractivity contribution in [2.45, 2.75) is 6.04 Å². The molecule has 19 heavy (non-hydrogen) atoms. The molecule has 6 heteroatoms. The van der Waals surface area contributed by atoms with Crippen molar-refractivity contribution in [3.63, 3.8) is 0 Å². The van der Waals surface area contributed by atoms with Crippen LogP contribution in [0.2, 0.25) is 0 Å². The number of carbonyl (C=O) groups excluding carboxylic acids is 1. The number of hydrogen-bond acceptors (Lipinski definition) is 5. The maximum Gasteiger partial charge on any atom is 0.283 e. The number of para-hydroxylation sites is 1. The van der Waals surface area contributed by atoms with Gasteiger partial charge in [-0.05, 0) is 12.1 Å². The van der Waals surface area contributed by atoms with E-state index in [0.29, 0.717) is 24.8 Å². The third-order valence-corrected chi connectivity index (χ3v) is 4.20. The van der Waals surface area contributed by atoms with Crippen molar-refractivity contribution in [3.8, 4) is 0 Å². The third-order valence-electron chi connectivity index (χ3n) is 3.18. The monoisotopic (exact) mass is 278 g/mol. The van der Waals surface area contributed by atoms with Gasteiger partial charge in [0.1, 0.15) is 0 Å². The molecular weight excluding hydrogens is 264 g/mol. The number of benzene rings is 1. The zero-order valence-electron chi connectivity index (χ0n) is 10.3. The molecule has 0 unspecified atom stereocenters. The number of thiazole rings is 1. The van der Waals surface area contributed by atoms with E-state index in [9.17, 15) is 9.90 Å². The lowest BCUT2D eigenvalue weighted by Crippen LogP contribution is -2.50. The third kappa shape index (κ3) is 2.34. The second-order valence-corrected chi connectivity index (χ2v) is 5.43. The van der Waals surface area contributed by atoms with Crippen LogP contribution in [0.5, 0.6) is 0 Å². The zero-order chi connectivity index (χ0) is 13.2. The first-order valence-corrected chi connectivity index (χ1v) is 6.96. The summed E-state index contributed by atoms with van der Waals surface area (Å²) in [5.74, 6) is -0.122. The molecule has 100 valence electrons. The minimum Gasteiger partial charge on any atom is -0.394 e. The highest BCUT2D eigenvalue weighted by Gasteiger charge is 2.29. The second-order valence-electron chi connectivity index (χ2n) is 4.40. The first kappa shape index (κ1) is 12.5. The minimum absolute atomic E-state index is 0.0867. The number of amides is 1. The predicted molar refractivity (Wildman–Crippen MR) is 72.3 cm³/mol. The Morgan fingerprint density at radius 1 is 1.53 bits per heavy atom. The van der Waals surface area contributed by atoms with Crippen LogP contribution in [0.4, 0.5) is 0 Å². The average Bonchev–Trinajstić information content (AvgIpc) is 2.90. The van der Waals surface area contributed by atoms with Crippen molar-refractivity contribution in [3.05, 3.63) is 29.3 Å². The van der Waals surface area contributed by atoms with E-state index in [-0.39, 0.29) is 18.6 Å². The molecule has 0 saturated carbocycles. The fourth-order valence-corrected chi connectivity index (χ4v) is 3.08. The Morgan fingerprint density at radius 2 is 2.37 bits per heavy atom. The number of rotatable bonds is 2. The van der Waals surface area contributed by atoms with Gasteiger partial charge < -0.3 is 14.7 Å². The van der Waals surface area contributed by atoms with Crippen LogP contribution in [-0.2, 0) is 4.74 Å². The molecule has 1 N–H and O–H groups in total. The van der Waals surface area contributed by atoms with Gasteiger partial charge in [0.2, 0.25) is 0 Å². The zero-order valence-corrected chi connectivity index (χ0v) is 11.1. The fourth-order valence-electron chi connectivity index (χ4n) is 2.16. The van der Waals surface area contributed by atoms with Gasteiger partial charge in [-0.25, -0.2) is 4.98 Å².